The highest BCUT2D eigenvalue weighted by Gasteiger charge is 2.41. The Balaban J connectivity index is 1.95. The van der Waals surface area contributed by atoms with E-state index in [1.807, 2.05) is 0 Å². The zero-order valence-electron chi connectivity index (χ0n) is 10.7. The quantitative estimate of drug-likeness (QED) is 0.697. The Morgan fingerprint density at radius 1 is 1.13 bits per heavy atom. The van der Waals surface area contributed by atoms with Crippen LogP contribution in [-0.2, 0) is 0 Å². The van der Waals surface area contributed by atoms with Gasteiger partial charge in [0.15, 0.2) is 0 Å². The molecule has 0 bridgehead atoms. The molecule has 0 amide bonds. The largest absolute Gasteiger partial charge is 0.316 e. The maximum atomic E-state index is 3.54. The number of hydrogen-bond acceptors (Lipinski definition) is 1. The van der Waals surface area contributed by atoms with Gasteiger partial charge < -0.3 is 5.32 Å². The second-order valence-corrected chi connectivity index (χ2v) is 6.30. The average Bonchev–Trinajstić information content (AvgIpc) is 2.23. The summed E-state index contributed by atoms with van der Waals surface area (Å²) in [6.07, 6.45) is 7.40. The third kappa shape index (κ3) is 2.22. The highest BCUT2D eigenvalue weighted by atomic mass is 14.9. The lowest BCUT2D eigenvalue weighted by molar-refractivity contribution is 0.0406. The van der Waals surface area contributed by atoms with Crippen LogP contribution in [0, 0.1) is 23.2 Å². The van der Waals surface area contributed by atoms with Crippen LogP contribution in [-0.4, -0.2) is 13.1 Å². The van der Waals surface area contributed by atoms with E-state index in [2.05, 4.69) is 26.1 Å². The minimum Gasteiger partial charge on any atom is -0.316 e. The molecule has 1 aliphatic heterocycles. The Morgan fingerprint density at radius 3 is 2.33 bits per heavy atom. The Kier molecular flexibility index (Phi) is 3.39. The molecule has 1 unspecified atom stereocenters. The van der Waals surface area contributed by atoms with Crippen molar-refractivity contribution in [2.24, 2.45) is 23.2 Å². The predicted octanol–water partition coefficient (Wildman–Crippen LogP) is 3.45. The molecule has 0 radical (unpaired) electrons. The average molecular weight is 209 g/mol. The summed E-state index contributed by atoms with van der Waals surface area (Å²) in [6.45, 7) is 9.77. The molecule has 0 aromatic heterocycles. The van der Waals surface area contributed by atoms with Crippen LogP contribution in [0.3, 0.4) is 0 Å². The van der Waals surface area contributed by atoms with Gasteiger partial charge in [-0.25, -0.2) is 0 Å². The summed E-state index contributed by atoms with van der Waals surface area (Å²) in [7, 11) is 0. The second-order valence-electron chi connectivity index (χ2n) is 6.30. The van der Waals surface area contributed by atoms with Crippen molar-refractivity contribution < 1.29 is 0 Å². The van der Waals surface area contributed by atoms with Crippen LogP contribution in [0.5, 0.6) is 0 Å². The summed E-state index contributed by atoms with van der Waals surface area (Å²) < 4.78 is 0. The molecule has 1 saturated heterocycles. The van der Waals surface area contributed by atoms with E-state index in [4.69, 9.17) is 0 Å². The molecule has 2 rings (SSSR count). The van der Waals surface area contributed by atoms with E-state index in [-0.39, 0.29) is 0 Å². The maximum Gasteiger partial charge on any atom is -0.00178 e. The number of rotatable bonds is 1. The van der Waals surface area contributed by atoms with Gasteiger partial charge in [-0.15, -0.1) is 0 Å². The summed E-state index contributed by atoms with van der Waals surface area (Å²) in [4.78, 5) is 0. The highest BCUT2D eigenvalue weighted by Crippen LogP contribution is 2.49. The lowest BCUT2D eigenvalue weighted by Crippen LogP contribution is -2.46. The zero-order valence-corrected chi connectivity index (χ0v) is 10.7. The Hall–Kier alpha value is -0.0400. The number of piperidine rings is 1. The van der Waals surface area contributed by atoms with E-state index in [9.17, 15) is 0 Å². The normalized spacial score (nSPS) is 42.4. The molecule has 1 heteroatoms. The second kappa shape index (κ2) is 4.45. The zero-order chi connectivity index (χ0) is 10.9. The van der Waals surface area contributed by atoms with Crippen molar-refractivity contribution in [2.45, 2.75) is 52.9 Å². The molecule has 1 atom stereocenters. The van der Waals surface area contributed by atoms with Crippen molar-refractivity contribution in [3.63, 3.8) is 0 Å². The smallest absolute Gasteiger partial charge is 0.00178 e. The Labute approximate surface area is 95.0 Å². The first kappa shape index (κ1) is 11.4. The van der Waals surface area contributed by atoms with Gasteiger partial charge in [0.05, 0.1) is 0 Å². The number of hydrogen-bond donors (Lipinski definition) is 1. The molecule has 15 heavy (non-hydrogen) atoms. The molecule has 1 aliphatic carbocycles. The third-order valence-electron chi connectivity index (χ3n) is 5.26. The first-order chi connectivity index (χ1) is 7.14. The van der Waals surface area contributed by atoms with Crippen LogP contribution in [0.4, 0.5) is 0 Å². The van der Waals surface area contributed by atoms with Gasteiger partial charge in [-0.3, -0.25) is 0 Å². The van der Waals surface area contributed by atoms with E-state index >= 15 is 0 Å². The van der Waals surface area contributed by atoms with Crippen molar-refractivity contribution in [3.05, 3.63) is 0 Å². The van der Waals surface area contributed by atoms with Crippen LogP contribution >= 0.6 is 0 Å². The van der Waals surface area contributed by atoms with Crippen molar-refractivity contribution in [1.82, 2.24) is 5.32 Å². The van der Waals surface area contributed by atoms with E-state index in [0.29, 0.717) is 0 Å². The fourth-order valence-corrected chi connectivity index (χ4v) is 3.74. The minimum atomic E-state index is 0.719. The highest BCUT2D eigenvalue weighted by molar-refractivity contribution is 4.93. The van der Waals surface area contributed by atoms with E-state index in [0.717, 1.165) is 23.2 Å². The first-order valence-corrected chi connectivity index (χ1v) is 6.85. The minimum absolute atomic E-state index is 0.719. The van der Waals surface area contributed by atoms with Gasteiger partial charge in [-0.2, -0.15) is 0 Å². The summed E-state index contributed by atoms with van der Waals surface area (Å²) in [5.41, 5.74) is 0.719. The Morgan fingerprint density at radius 2 is 1.80 bits per heavy atom. The van der Waals surface area contributed by atoms with Crippen LogP contribution in [0.25, 0.3) is 0 Å². The van der Waals surface area contributed by atoms with Gasteiger partial charge in [0.2, 0.25) is 0 Å². The number of nitrogens with one attached hydrogen (secondary N) is 1. The van der Waals surface area contributed by atoms with Crippen LogP contribution in [0.15, 0.2) is 0 Å². The van der Waals surface area contributed by atoms with Crippen molar-refractivity contribution in [3.8, 4) is 0 Å². The van der Waals surface area contributed by atoms with Gasteiger partial charge in [-0.05, 0) is 68.4 Å². The van der Waals surface area contributed by atoms with E-state index in [1.54, 1.807) is 0 Å². The van der Waals surface area contributed by atoms with Gasteiger partial charge >= 0.3 is 0 Å². The topological polar surface area (TPSA) is 12.0 Å². The molecule has 1 nitrogen and oxygen atoms in total. The Bertz CT molecular complexity index is 201. The first-order valence-electron chi connectivity index (χ1n) is 6.85. The molecular formula is C14H27N. The van der Waals surface area contributed by atoms with Crippen molar-refractivity contribution >= 4 is 0 Å². The molecule has 2 fully saturated rings. The summed E-state index contributed by atoms with van der Waals surface area (Å²) in [5.74, 6) is 2.82. The van der Waals surface area contributed by atoms with Crippen molar-refractivity contribution in [1.29, 1.82) is 0 Å². The molecular weight excluding hydrogens is 182 g/mol. The molecule has 2 aliphatic rings. The van der Waals surface area contributed by atoms with Crippen LogP contribution in [0.1, 0.15) is 52.9 Å². The monoisotopic (exact) mass is 209 g/mol. The van der Waals surface area contributed by atoms with Gasteiger partial charge in [0, 0.05) is 0 Å². The summed E-state index contributed by atoms with van der Waals surface area (Å²) in [6, 6.07) is 0. The van der Waals surface area contributed by atoms with Gasteiger partial charge in [0.1, 0.15) is 0 Å². The van der Waals surface area contributed by atoms with Crippen molar-refractivity contribution in [2.75, 3.05) is 13.1 Å². The SMILES string of the molecule is CC(C)C1CCC2(CCNCC2C)CC1. The molecule has 1 N–H and O–H groups in total. The third-order valence-corrected chi connectivity index (χ3v) is 5.26. The molecule has 1 saturated carbocycles. The molecule has 0 aromatic carbocycles. The summed E-state index contributed by atoms with van der Waals surface area (Å²) in [5, 5.41) is 3.54. The van der Waals surface area contributed by atoms with E-state index in [1.165, 1.54) is 45.2 Å². The van der Waals surface area contributed by atoms with E-state index < -0.39 is 0 Å². The standard InChI is InChI=1S/C14H27N/c1-11(2)13-4-6-14(7-5-13)8-9-15-10-12(14)3/h11-13,15H,4-10H2,1-3H3. The molecule has 1 heterocycles. The molecule has 1 spiro atoms. The molecule has 0 aromatic rings. The maximum absolute atomic E-state index is 3.54. The lowest BCUT2D eigenvalue weighted by Gasteiger charge is -2.48. The van der Waals surface area contributed by atoms with Crippen LogP contribution in [0.2, 0.25) is 0 Å². The molecule has 88 valence electrons. The van der Waals surface area contributed by atoms with Gasteiger partial charge in [-0.1, -0.05) is 20.8 Å². The van der Waals surface area contributed by atoms with Gasteiger partial charge in [0.25, 0.3) is 0 Å². The predicted molar refractivity (Wildman–Crippen MR) is 65.9 cm³/mol. The fourth-order valence-electron chi connectivity index (χ4n) is 3.74. The summed E-state index contributed by atoms with van der Waals surface area (Å²) >= 11 is 0. The lowest BCUT2D eigenvalue weighted by atomic mass is 9.60. The fraction of sp³-hybridized carbons (Fsp3) is 1.00. The van der Waals surface area contributed by atoms with Crippen LogP contribution < -0.4 is 5.32 Å².